The van der Waals surface area contributed by atoms with Gasteiger partial charge in [-0.05, 0) is 36.5 Å². The molecule has 0 fully saturated rings. The van der Waals surface area contributed by atoms with E-state index in [0.717, 1.165) is 31.5 Å². The van der Waals surface area contributed by atoms with Crippen LogP contribution in [0.2, 0.25) is 0 Å². The van der Waals surface area contributed by atoms with Crippen LogP contribution in [0.5, 0.6) is 0 Å². The number of aryl methyl sites for hydroxylation is 1. The second-order valence-corrected chi connectivity index (χ2v) is 4.16. The molecule has 2 rings (SSSR count). The van der Waals surface area contributed by atoms with E-state index < -0.39 is 0 Å². The maximum absolute atomic E-state index is 11.4. The van der Waals surface area contributed by atoms with Crippen LogP contribution in [0, 0.1) is 0 Å². The number of hydrogen-bond acceptors (Lipinski definition) is 2. The summed E-state index contributed by atoms with van der Waals surface area (Å²) in [6, 6.07) is 6.09. The van der Waals surface area contributed by atoms with E-state index in [4.69, 9.17) is 5.11 Å². The topological polar surface area (TPSA) is 40.5 Å². The van der Waals surface area contributed by atoms with Gasteiger partial charge in [0.1, 0.15) is 0 Å². The van der Waals surface area contributed by atoms with E-state index in [1.807, 2.05) is 17.0 Å². The number of rotatable bonds is 3. The molecule has 0 unspecified atom stereocenters. The predicted molar refractivity (Wildman–Crippen MR) is 63.6 cm³/mol. The predicted octanol–water partition coefficient (Wildman–Crippen LogP) is 1.52. The summed E-state index contributed by atoms with van der Waals surface area (Å²) >= 11 is 0. The molecule has 0 bridgehead atoms. The van der Waals surface area contributed by atoms with E-state index in [1.165, 1.54) is 11.1 Å². The molecule has 0 aliphatic carbocycles. The maximum Gasteiger partial charge on any atom is 0.223 e. The molecule has 16 heavy (non-hydrogen) atoms. The van der Waals surface area contributed by atoms with Gasteiger partial charge in [-0.1, -0.05) is 12.1 Å². The number of carbonyl (C=O) groups excluding carboxylic acids is 1. The molecular formula is C13H17NO2. The first-order chi connectivity index (χ1) is 7.74. The average Bonchev–Trinajstić information content (AvgIpc) is 2.70. The largest absolute Gasteiger partial charge is 0.396 e. The van der Waals surface area contributed by atoms with Crippen LogP contribution in [0.15, 0.2) is 18.2 Å². The Kier molecular flexibility index (Phi) is 3.25. The number of anilines is 1. The van der Waals surface area contributed by atoms with Crippen molar-refractivity contribution in [3.05, 3.63) is 29.3 Å². The molecule has 1 aliphatic rings. The Morgan fingerprint density at radius 1 is 1.50 bits per heavy atom. The number of aliphatic hydroxyl groups excluding tert-OH is 1. The Morgan fingerprint density at radius 3 is 3.00 bits per heavy atom. The monoisotopic (exact) mass is 219 g/mol. The summed E-state index contributed by atoms with van der Waals surface area (Å²) in [6.07, 6.45) is 2.62. The number of fused-ring (bicyclic) bond motifs is 1. The number of hydrogen-bond donors (Lipinski definition) is 1. The Balaban J connectivity index is 2.28. The molecule has 1 heterocycles. The van der Waals surface area contributed by atoms with Gasteiger partial charge < -0.3 is 10.0 Å². The van der Waals surface area contributed by atoms with Crippen LogP contribution in [0.3, 0.4) is 0 Å². The summed E-state index contributed by atoms with van der Waals surface area (Å²) in [6.45, 7) is 2.62. The number of carbonyl (C=O) groups is 1. The van der Waals surface area contributed by atoms with Crippen molar-refractivity contribution in [2.75, 3.05) is 18.1 Å². The van der Waals surface area contributed by atoms with E-state index in [0.29, 0.717) is 0 Å². The summed E-state index contributed by atoms with van der Waals surface area (Å²) in [5.74, 6) is 0.109. The Bertz CT molecular complexity index is 401. The van der Waals surface area contributed by atoms with Crippen LogP contribution >= 0.6 is 0 Å². The summed E-state index contributed by atoms with van der Waals surface area (Å²) in [5, 5.41) is 8.85. The summed E-state index contributed by atoms with van der Waals surface area (Å²) < 4.78 is 0. The third-order valence-electron chi connectivity index (χ3n) is 3.11. The Morgan fingerprint density at radius 2 is 2.31 bits per heavy atom. The zero-order chi connectivity index (χ0) is 11.5. The smallest absolute Gasteiger partial charge is 0.223 e. The van der Waals surface area contributed by atoms with Gasteiger partial charge in [-0.25, -0.2) is 0 Å². The normalized spacial score (nSPS) is 14.0. The third-order valence-corrected chi connectivity index (χ3v) is 3.11. The lowest BCUT2D eigenvalue weighted by Crippen LogP contribution is -2.25. The average molecular weight is 219 g/mol. The fraction of sp³-hybridized carbons (Fsp3) is 0.462. The molecule has 0 radical (unpaired) electrons. The molecule has 0 aromatic heterocycles. The van der Waals surface area contributed by atoms with E-state index in [-0.39, 0.29) is 12.5 Å². The van der Waals surface area contributed by atoms with Crippen LogP contribution in [-0.4, -0.2) is 24.2 Å². The molecule has 0 saturated carbocycles. The summed E-state index contributed by atoms with van der Waals surface area (Å²) in [5.41, 5.74) is 3.62. The number of aliphatic hydroxyl groups is 1. The summed E-state index contributed by atoms with van der Waals surface area (Å²) in [7, 11) is 0. The van der Waals surface area contributed by atoms with Crippen LogP contribution in [-0.2, 0) is 17.6 Å². The fourth-order valence-electron chi connectivity index (χ4n) is 2.34. The van der Waals surface area contributed by atoms with Crippen molar-refractivity contribution < 1.29 is 9.90 Å². The molecule has 3 nitrogen and oxygen atoms in total. The van der Waals surface area contributed by atoms with Crippen LogP contribution in [0.4, 0.5) is 5.69 Å². The fourth-order valence-corrected chi connectivity index (χ4v) is 2.34. The quantitative estimate of drug-likeness (QED) is 0.837. The van der Waals surface area contributed by atoms with Gasteiger partial charge in [-0.2, -0.15) is 0 Å². The van der Waals surface area contributed by atoms with E-state index >= 15 is 0 Å². The van der Waals surface area contributed by atoms with Crippen LogP contribution in [0.25, 0.3) is 0 Å². The van der Waals surface area contributed by atoms with Crippen molar-refractivity contribution in [2.45, 2.75) is 26.2 Å². The maximum atomic E-state index is 11.4. The standard InChI is InChI=1S/C13H17NO2/c1-10(16)14-8-7-12-11(5-3-9-15)4-2-6-13(12)14/h2,4,6,15H,3,5,7-9H2,1H3. The molecule has 1 aromatic carbocycles. The van der Waals surface area contributed by atoms with Crippen LogP contribution < -0.4 is 4.90 Å². The van der Waals surface area contributed by atoms with Crippen molar-refractivity contribution in [3.63, 3.8) is 0 Å². The van der Waals surface area contributed by atoms with Gasteiger partial charge in [-0.15, -0.1) is 0 Å². The summed E-state index contributed by atoms with van der Waals surface area (Å²) in [4.78, 5) is 13.3. The van der Waals surface area contributed by atoms with Gasteiger partial charge in [-0.3, -0.25) is 4.79 Å². The van der Waals surface area contributed by atoms with Gasteiger partial charge in [0.15, 0.2) is 0 Å². The van der Waals surface area contributed by atoms with Crippen molar-refractivity contribution in [1.29, 1.82) is 0 Å². The molecule has 1 aliphatic heterocycles. The molecule has 0 saturated heterocycles. The SMILES string of the molecule is CC(=O)N1CCc2c(CCCO)cccc21. The van der Waals surface area contributed by atoms with Gasteiger partial charge >= 0.3 is 0 Å². The van der Waals surface area contributed by atoms with Gasteiger partial charge in [0.2, 0.25) is 5.91 Å². The first-order valence-corrected chi connectivity index (χ1v) is 5.73. The second kappa shape index (κ2) is 4.66. The van der Waals surface area contributed by atoms with Gasteiger partial charge in [0.05, 0.1) is 0 Å². The minimum Gasteiger partial charge on any atom is -0.396 e. The Hall–Kier alpha value is -1.35. The molecule has 86 valence electrons. The Labute approximate surface area is 95.7 Å². The first kappa shape index (κ1) is 11.1. The zero-order valence-electron chi connectivity index (χ0n) is 9.57. The van der Waals surface area contributed by atoms with E-state index in [9.17, 15) is 4.79 Å². The highest BCUT2D eigenvalue weighted by Gasteiger charge is 2.23. The minimum absolute atomic E-state index is 0.109. The molecule has 1 N–H and O–H groups in total. The third kappa shape index (κ3) is 1.95. The molecule has 1 amide bonds. The lowest BCUT2D eigenvalue weighted by molar-refractivity contribution is -0.116. The number of amides is 1. The van der Waals surface area contributed by atoms with E-state index in [1.54, 1.807) is 6.92 Å². The minimum atomic E-state index is 0.109. The number of nitrogens with zero attached hydrogens (tertiary/aromatic N) is 1. The lowest BCUT2D eigenvalue weighted by atomic mass is 10.0. The highest BCUT2D eigenvalue weighted by atomic mass is 16.2. The molecule has 0 atom stereocenters. The number of benzene rings is 1. The zero-order valence-corrected chi connectivity index (χ0v) is 9.57. The van der Waals surface area contributed by atoms with Crippen molar-refractivity contribution in [2.24, 2.45) is 0 Å². The highest BCUT2D eigenvalue weighted by molar-refractivity contribution is 5.94. The van der Waals surface area contributed by atoms with E-state index in [2.05, 4.69) is 6.07 Å². The van der Waals surface area contributed by atoms with Gasteiger partial charge in [0, 0.05) is 25.8 Å². The van der Waals surface area contributed by atoms with Crippen LogP contribution in [0.1, 0.15) is 24.5 Å². The van der Waals surface area contributed by atoms with Crippen molar-refractivity contribution in [1.82, 2.24) is 0 Å². The van der Waals surface area contributed by atoms with Crippen molar-refractivity contribution >= 4 is 11.6 Å². The molecule has 0 spiro atoms. The molecule has 3 heteroatoms. The first-order valence-electron chi connectivity index (χ1n) is 5.73. The molecule has 1 aromatic rings. The highest BCUT2D eigenvalue weighted by Crippen LogP contribution is 2.31. The lowest BCUT2D eigenvalue weighted by Gasteiger charge is -2.15. The second-order valence-electron chi connectivity index (χ2n) is 4.16. The van der Waals surface area contributed by atoms with Gasteiger partial charge in [0.25, 0.3) is 0 Å². The van der Waals surface area contributed by atoms with Crippen molar-refractivity contribution in [3.8, 4) is 0 Å². The molecular weight excluding hydrogens is 202 g/mol.